The lowest BCUT2D eigenvalue weighted by atomic mass is 10.2. The molecule has 0 atom stereocenters. The summed E-state index contributed by atoms with van der Waals surface area (Å²) >= 11 is 0. The first-order valence-corrected chi connectivity index (χ1v) is 10.9. The van der Waals surface area contributed by atoms with E-state index in [1.807, 2.05) is 0 Å². The summed E-state index contributed by atoms with van der Waals surface area (Å²) in [6.45, 7) is 11.5. The van der Waals surface area contributed by atoms with Crippen LogP contribution in [0.3, 0.4) is 0 Å². The lowest BCUT2D eigenvalue weighted by Gasteiger charge is -2.36. The third-order valence-electron chi connectivity index (χ3n) is 4.71. The first-order chi connectivity index (χ1) is 11.5. The fourth-order valence-corrected chi connectivity index (χ4v) is 3.30. The Bertz CT molecular complexity index is 797. The lowest BCUT2D eigenvalue weighted by Crippen LogP contribution is -2.41. The number of hydrazine groups is 1. The van der Waals surface area contributed by atoms with Crippen molar-refractivity contribution in [3.8, 4) is 0 Å². The Morgan fingerprint density at radius 2 is 2.04 bits per heavy atom. The first kappa shape index (κ1) is 19.2. The number of nitrogens with zero attached hydrogens (tertiary/aromatic N) is 3. The fourth-order valence-electron chi connectivity index (χ4n) is 2.26. The van der Waals surface area contributed by atoms with Crippen molar-refractivity contribution in [2.75, 3.05) is 17.8 Å². The number of carboxylic acid groups (broad SMARTS) is 1. The molecule has 2 heterocycles. The quantitative estimate of drug-likeness (QED) is 0.345. The first-order valence-electron chi connectivity index (χ1n) is 7.98. The average Bonchev–Trinajstić information content (AvgIpc) is 2.84. The maximum absolute atomic E-state index is 11.6. The molecule has 0 unspecified atom stereocenters. The minimum absolute atomic E-state index is 0.0158. The Hall–Kier alpha value is -2.17. The Labute approximate surface area is 147 Å². The largest absolute Gasteiger partial charge is 0.477 e. The van der Waals surface area contributed by atoms with E-state index in [0.717, 1.165) is 0 Å². The molecular weight excluding hydrogens is 340 g/mol. The van der Waals surface area contributed by atoms with Crippen LogP contribution in [0.25, 0.3) is 11.0 Å². The monoisotopic (exact) mass is 366 g/mol. The van der Waals surface area contributed by atoms with Gasteiger partial charge < -0.3 is 25.3 Å². The summed E-state index contributed by atoms with van der Waals surface area (Å²) in [5.41, 5.74) is 8.64. The van der Waals surface area contributed by atoms with Crippen LogP contribution in [0, 0.1) is 0 Å². The van der Waals surface area contributed by atoms with Crippen molar-refractivity contribution in [2.24, 2.45) is 5.84 Å². The number of carbonyl (C=O) groups is 1. The topological polar surface area (TPSA) is 141 Å². The maximum atomic E-state index is 11.6. The zero-order valence-corrected chi connectivity index (χ0v) is 16.3. The number of anilines is 2. The molecule has 0 aliphatic rings. The van der Waals surface area contributed by atoms with Gasteiger partial charge in [0, 0.05) is 6.54 Å². The van der Waals surface area contributed by atoms with Crippen molar-refractivity contribution >= 4 is 37.1 Å². The number of nitrogens with one attached hydrogen (secondary N) is 1. The van der Waals surface area contributed by atoms with E-state index in [1.165, 1.54) is 6.07 Å². The molecule has 9 nitrogen and oxygen atoms in total. The highest BCUT2D eigenvalue weighted by Crippen LogP contribution is 2.36. The van der Waals surface area contributed by atoms with Crippen LogP contribution in [-0.2, 0) is 11.0 Å². The van der Waals surface area contributed by atoms with Crippen LogP contribution in [0.4, 0.5) is 11.8 Å². The van der Waals surface area contributed by atoms with Crippen molar-refractivity contribution in [1.82, 2.24) is 14.5 Å². The van der Waals surface area contributed by atoms with Crippen LogP contribution in [0.1, 0.15) is 31.3 Å². The number of fused-ring (bicyclic) bond motifs is 1. The predicted octanol–water partition coefficient (Wildman–Crippen LogP) is 2.02. The molecule has 2 rings (SSSR count). The summed E-state index contributed by atoms with van der Waals surface area (Å²) in [5.74, 6) is 4.69. The normalized spacial score (nSPS) is 12.6. The molecule has 0 fully saturated rings. The van der Waals surface area contributed by atoms with E-state index in [2.05, 4.69) is 49.3 Å². The van der Waals surface area contributed by atoms with Gasteiger partial charge in [0.1, 0.15) is 11.3 Å². The molecule has 0 saturated carbocycles. The molecule has 0 amide bonds. The van der Waals surface area contributed by atoms with E-state index < -0.39 is 14.3 Å². The Morgan fingerprint density at radius 3 is 2.56 bits per heavy atom. The number of aromatic carboxylic acids is 1. The molecule has 0 spiro atoms. The smallest absolute Gasteiger partial charge is 0.352 e. The molecule has 0 radical (unpaired) electrons. The molecule has 0 aromatic carbocycles. The van der Waals surface area contributed by atoms with E-state index in [0.29, 0.717) is 24.2 Å². The molecule has 0 aliphatic heterocycles. The van der Waals surface area contributed by atoms with E-state index >= 15 is 0 Å². The number of nitrogen functional groups attached to an aromatic ring is 2. The second-order valence-electron chi connectivity index (χ2n) is 7.41. The van der Waals surface area contributed by atoms with E-state index in [9.17, 15) is 9.90 Å². The van der Waals surface area contributed by atoms with Crippen LogP contribution in [-0.4, -0.2) is 40.5 Å². The number of hydrogen-bond acceptors (Lipinski definition) is 7. The van der Waals surface area contributed by atoms with Gasteiger partial charge in [-0.1, -0.05) is 20.8 Å². The molecule has 6 N–H and O–H groups in total. The second-order valence-corrected chi connectivity index (χ2v) is 12.2. The third-order valence-corrected chi connectivity index (χ3v) is 9.25. The number of nitrogens with two attached hydrogens (primary N) is 2. The lowest BCUT2D eigenvalue weighted by molar-refractivity contribution is 0.0684. The second kappa shape index (κ2) is 6.62. The number of carboxylic acids is 1. The van der Waals surface area contributed by atoms with Crippen LogP contribution in [0.15, 0.2) is 6.07 Å². The van der Waals surface area contributed by atoms with E-state index in [4.69, 9.17) is 16.0 Å². The van der Waals surface area contributed by atoms with Gasteiger partial charge in [-0.25, -0.2) is 10.6 Å². The van der Waals surface area contributed by atoms with Crippen molar-refractivity contribution < 1.29 is 14.3 Å². The molecule has 10 heteroatoms. The Balaban J connectivity index is 2.38. The number of rotatable bonds is 6. The van der Waals surface area contributed by atoms with Gasteiger partial charge in [-0.2, -0.15) is 9.97 Å². The predicted molar refractivity (Wildman–Crippen MR) is 99.9 cm³/mol. The zero-order chi connectivity index (χ0) is 19.0. The molecule has 2 aromatic rings. The van der Waals surface area contributed by atoms with Crippen molar-refractivity contribution in [3.05, 3.63) is 11.8 Å². The summed E-state index contributed by atoms with van der Waals surface area (Å²) in [7, 11) is -1.93. The SMILES string of the molecule is CC(C)(C)[Si](C)(C)OCCn1c(C(=O)O)cc2c(NN)nc(N)nc21. The number of hydrogen-bond donors (Lipinski definition) is 4. The fraction of sp³-hybridized carbons (Fsp3) is 0.533. The molecule has 2 aromatic heterocycles. The van der Waals surface area contributed by atoms with Gasteiger partial charge in [0.15, 0.2) is 14.1 Å². The van der Waals surface area contributed by atoms with Gasteiger partial charge >= 0.3 is 5.97 Å². The zero-order valence-electron chi connectivity index (χ0n) is 15.3. The molecule has 138 valence electrons. The highest BCUT2D eigenvalue weighted by atomic mass is 28.4. The van der Waals surface area contributed by atoms with Crippen molar-refractivity contribution in [3.63, 3.8) is 0 Å². The molecule has 0 bridgehead atoms. The van der Waals surface area contributed by atoms with Gasteiger partial charge in [0.25, 0.3) is 0 Å². The molecule has 25 heavy (non-hydrogen) atoms. The summed E-state index contributed by atoms with van der Waals surface area (Å²) in [6, 6.07) is 1.48. The Morgan fingerprint density at radius 1 is 1.40 bits per heavy atom. The van der Waals surface area contributed by atoms with E-state index in [-0.39, 0.29) is 22.5 Å². The maximum Gasteiger partial charge on any atom is 0.352 e. The Kier molecular flexibility index (Phi) is 5.07. The summed E-state index contributed by atoms with van der Waals surface area (Å²) in [4.78, 5) is 19.8. The van der Waals surface area contributed by atoms with Crippen molar-refractivity contribution in [1.29, 1.82) is 0 Å². The minimum atomic E-state index is -1.93. The molecule has 0 aliphatic carbocycles. The van der Waals surface area contributed by atoms with Gasteiger partial charge in [-0.3, -0.25) is 0 Å². The van der Waals surface area contributed by atoms with Gasteiger partial charge in [-0.15, -0.1) is 0 Å². The van der Waals surface area contributed by atoms with Crippen LogP contribution in [0.2, 0.25) is 18.1 Å². The summed E-state index contributed by atoms with van der Waals surface area (Å²) in [6.07, 6.45) is 0. The highest BCUT2D eigenvalue weighted by Gasteiger charge is 2.37. The summed E-state index contributed by atoms with van der Waals surface area (Å²) < 4.78 is 7.72. The molecular formula is C15H26N6O3Si. The van der Waals surface area contributed by atoms with Crippen LogP contribution >= 0.6 is 0 Å². The van der Waals surface area contributed by atoms with E-state index in [1.54, 1.807) is 4.57 Å². The molecule has 0 saturated heterocycles. The third kappa shape index (κ3) is 3.75. The standard InChI is InChI=1S/C15H26N6O3Si/c1-15(2,3)25(4,5)24-7-6-21-10(13(22)23)8-9-11(20-17)18-14(16)19-12(9)21/h8H,6-7,17H2,1-5H3,(H,22,23)(H3,16,18,19,20). The van der Waals surface area contributed by atoms with Crippen LogP contribution in [0.5, 0.6) is 0 Å². The average molecular weight is 366 g/mol. The minimum Gasteiger partial charge on any atom is -0.477 e. The summed E-state index contributed by atoms with van der Waals surface area (Å²) in [5, 5.41) is 10.1. The van der Waals surface area contributed by atoms with Gasteiger partial charge in [0.05, 0.1) is 12.0 Å². The van der Waals surface area contributed by atoms with Crippen molar-refractivity contribution in [2.45, 2.75) is 45.4 Å². The van der Waals surface area contributed by atoms with Gasteiger partial charge in [-0.05, 0) is 24.2 Å². The van der Waals surface area contributed by atoms with Crippen LogP contribution < -0.4 is 17.0 Å². The van der Waals surface area contributed by atoms with Gasteiger partial charge in [0.2, 0.25) is 5.95 Å². The number of aromatic nitrogens is 3. The highest BCUT2D eigenvalue weighted by molar-refractivity contribution is 6.74.